The highest BCUT2D eigenvalue weighted by Gasteiger charge is 2.50. The summed E-state index contributed by atoms with van der Waals surface area (Å²) in [6, 6.07) is 12.0. The summed E-state index contributed by atoms with van der Waals surface area (Å²) in [6.07, 6.45) is 1.89. The fraction of sp³-hybridized carbons (Fsp3) is 0.476. The van der Waals surface area contributed by atoms with Crippen LogP contribution < -0.4 is 4.74 Å². The van der Waals surface area contributed by atoms with Crippen molar-refractivity contribution < 1.29 is 13.9 Å². The van der Waals surface area contributed by atoms with E-state index in [0.29, 0.717) is 12.5 Å². The summed E-state index contributed by atoms with van der Waals surface area (Å²) in [5.74, 6) is 3.07. The number of likely N-dealkylation sites (tertiary alicyclic amines) is 2. The summed E-state index contributed by atoms with van der Waals surface area (Å²) >= 11 is 0. The van der Waals surface area contributed by atoms with E-state index in [1.54, 1.807) is 7.11 Å². The Labute approximate surface area is 154 Å². The Hall–Kier alpha value is -2.27. The van der Waals surface area contributed by atoms with Crippen LogP contribution in [0.15, 0.2) is 40.8 Å². The lowest BCUT2D eigenvalue weighted by molar-refractivity contribution is -0.136. The van der Waals surface area contributed by atoms with Crippen LogP contribution in [0.4, 0.5) is 0 Å². The monoisotopic (exact) mass is 354 g/mol. The molecule has 0 saturated carbocycles. The first-order chi connectivity index (χ1) is 12.6. The molecule has 138 valence electrons. The Bertz CT molecular complexity index is 800. The minimum Gasteiger partial charge on any atom is -0.497 e. The summed E-state index contributed by atoms with van der Waals surface area (Å²) < 4.78 is 11.0. The highest BCUT2D eigenvalue weighted by Crippen LogP contribution is 2.41. The normalized spacial score (nSPS) is 23.3. The zero-order chi connectivity index (χ0) is 18.1. The molecule has 2 aliphatic rings. The summed E-state index contributed by atoms with van der Waals surface area (Å²) in [5, 5.41) is 0. The molecule has 2 saturated heterocycles. The molecule has 1 atom stereocenters. The van der Waals surface area contributed by atoms with Crippen LogP contribution in [0.25, 0.3) is 0 Å². The molecule has 1 aromatic carbocycles. The van der Waals surface area contributed by atoms with Crippen molar-refractivity contribution in [1.29, 1.82) is 0 Å². The van der Waals surface area contributed by atoms with Gasteiger partial charge in [0, 0.05) is 19.6 Å². The van der Waals surface area contributed by atoms with E-state index in [2.05, 4.69) is 11.0 Å². The second-order valence-electron chi connectivity index (χ2n) is 7.58. The molecule has 0 N–H and O–H groups in total. The van der Waals surface area contributed by atoms with Crippen molar-refractivity contribution in [2.24, 2.45) is 5.41 Å². The molecule has 2 fully saturated rings. The minimum absolute atomic E-state index is 0.208. The lowest BCUT2D eigenvalue weighted by atomic mass is 9.85. The van der Waals surface area contributed by atoms with Gasteiger partial charge in [-0.1, -0.05) is 12.1 Å². The van der Waals surface area contributed by atoms with Gasteiger partial charge in [0.25, 0.3) is 0 Å². The molecule has 2 aromatic rings. The van der Waals surface area contributed by atoms with Crippen molar-refractivity contribution in [2.75, 3.05) is 26.7 Å². The molecule has 5 heteroatoms. The predicted molar refractivity (Wildman–Crippen MR) is 98.8 cm³/mol. The molecule has 0 aliphatic carbocycles. The number of benzene rings is 1. The van der Waals surface area contributed by atoms with Gasteiger partial charge < -0.3 is 14.1 Å². The van der Waals surface area contributed by atoms with Gasteiger partial charge >= 0.3 is 0 Å². The van der Waals surface area contributed by atoms with Crippen LogP contribution >= 0.6 is 0 Å². The highest BCUT2D eigenvalue weighted by molar-refractivity contribution is 5.85. The van der Waals surface area contributed by atoms with Crippen LogP contribution in [0.1, 0.15) is 29.9 Å². The van der Waals surface area contributed by atoms with E-state index >= 15 is 0 Å². The highest BCUT2D eigenvalue weighted by atomic mass is 16.5. The first-order valence-electron chi connectivity index (χ1n) is 9.28. The largest absolute Gasteiger partial charge is 0.497 e. The smallest absolute Gasteiger partial charge is 0.230 e. The lowest BCUT2D eigenvalue weighted by Crippen LogP contribution is -2.36. The molecule has 4 rings (SSSR count). The Kier molecular flexibility index (Phi) is 4.49. The predicted octanol–water partition coefficient (Wildman–Crippen LogP) is 3.22. The number of carbonyl (C=O) groups is 1. The van der Waals surface area contributed by atoms with Gasteiger partial charge in [-0.25, -0.2) is 0 Å². The van der Waals surface area contributed by atoms with E-state index in [-0.39, 0.29) is 5.41 Å². The fourth-order valence-corrected chi connectivity index (χ4v) is 4.30. The number of aryl methyl sites for hydroxylation is 1. The van der Waals surface area contributed by atoms with Crippen molar-refractivity contribution in [2.45, 2.75) is 32.9 Å². The van der Waals surface area contributed by atoms with Crippen LogP contribution in [0, 0.1) is 12.3 Å². The quantitative estimate of drug-likeness (QED) is 0.827. The molecule has 1 spiro atoms. The molecule has 1 aromatic heterocycles. The second kappa shape index (κ2) is 6.80. The second-order valence-corrected chi connectivity index (χ2v) is 7.58. The fourth-order valence-electron chi connectivity index (χ4n) is 4.30. The summed E-state index contributed by atoms with van der Waals surface area (Å²) in [7, 11) is 1.67. The number of ether oxygens (including phenoxy) is 1. The van der Waals surface area contributed by atoms with E-state index in [1.165, 1.54) is 0 Å². The minimum atomic E-state index is -0.208. The van der Waals surface area contributed by atoms with Crippen molar-refractivity contribution >= 4 is 5.91 Å². The van der Waals surface area contributed by atoms with Gasteiger partial charge in [0.15, 0.2) is 0 Å². The van der Waals surface area contributed by atoms with Crippen LogP contribution in [0.3, 0.4) is 0 Å². The Morgan fingerprint density at radius 2 is 2.00 bits per heavy atom. The molecular weight excluding hydrogens is 328 g/mol. The zero-order valence-corrected chi connectivity index (χ0v) is 15.5. The third-order valence-corrected chi connectivity index (χ3v) is 5.72. The number of methoxy groups -OCH3 is 1. The van der Waals surface area contributed by atoms with E-state index in [1.807, 2.05) is 42.2 Å². The number of nitrogens with zero attached hydrogens (tertiary/aromatic N) is 2. The number of rotatable bonds is 5. The topological polar surface area (TPSA) is 45.9 Å². The van der Waals surface area contributed by atoms with Gasteiger partial charge in [0.2, 0.25) is 5.91 Å². The van der Waals surface area contributed by atoms with Gasteiger partial charge in [-0.3, -0.25) is 9.69 Å². The summed E-state index contributed by atoms with van der Waals surface area (Å²) in [4.78, 5) is 17.5. The Balaban J connectivity index is 1.40. The molecule has 0 bridgehead atoms. The number of hydrogen-bond acceptors (Lipinski definition) is 4. The zero-order valence-electron chi connectivity index (χ0n) is 15.5. The average Bonchev–Trinajstić information content (AvgIpc) is 3.32. The van der Waals surface area contributed by atoms with Crippen molar-refractivity contribution in [3.63, 3.8) is 0 Å². The number of hydrogen-bond donors (Lipinski definition) is 0. The maximum absolute atomic E-state index is 13.1. The van der Waals surface area contributed by atoms with Gasteiger partial charge in [0.1, 0.15) is 17.3 Å². The standard InChI is InChI=1S/C21H26N2O3/c1-16-6-7-19(26-16)14-22-10-8-21(15-22)9-11-23(20(21)24)13-17-4-3-5-18(12-17)25-2/h3-7,12H,8-11,13-15H2,1-2H3. The molecule has 2 aliphatic heterocycles. The van der Waals surface area contributed by atoms with E-state index in [0.717, 1.165) is 61.9 Å². The Morgan fingerprint density at radius 3 is 2.77 bits per heavy atom. The number of furan rings is 1. The van der Waals surface area contributed by atoms with Gasteiger partial charge in [-0.15, -0.1) is 0 Å². The van der Waals surface area contributed by atoms with E-state index < -0.39 is 0 Å². The molecule has 1 unspecified atom stereocenters. The summed E-state index contributed by atoms with van der Waals surface area (Å²) in [5.41, 5.74) is 0.913. The molecule has 1 amide bonds. The third kappa shape index (κ3) is 3.23. The average molecular weight is 354 g/mol. The van der Waals surface area contributed by atoms with Crippen molar-refractivity contribution in [3.05, 3.63) is 53.5 Å². The number of carbonyl (C=O) groups excluding carboxylic acids is 1. The maximum Gasteiger partial charge on any atom is 0.230 e. The van der Waals surface area contributed by atoms with E-state index in [4.69, 9.17) is 9.15 Å². The van der Waals surface area contributed by atoms with Gasteiger partial charge in [-0.05, 0) is 56.1 Å². The molecule has 3 heterocycles. The molecular formula is C21H26N2O3. The summed E-state index contributed by atoms with van der Waals surface area (Å²) in [6.45, 7) is 6.04. The van der Waals surface area contributed by atoms with Crippen LogP contribution in [-0.4, -0.2) is 42.5 Å². The van der Waals surface area contributed by atoms with Gasteiger partial charge in [-0.2, -0.15) is 0 Å². The Morgan fingerprint density at radius 1 is 1.15 bits per heavy atom. The first-order valence-corrected chi connectivity index (χ1v) is 9.28. The van der Waals surface area contributed by atoms with Crippen molar-refractivity contribution in [3.8, 4) is 5.75 Å². The van der Waals surface area contributed by atoms with Crippen LogP contribution in [0.2, 0.25) is 0 Å². The first kappa shape index (κ1) is 17.2. The SMILES string of the molecule is COc1cccc(CN2CCC3(CCN(Cc4ccc(C)o4)C3)C2=O)c1. The van der Waals surface area contributed by atoms with Crippen LogP contribution in [-0.2, 0) is 17.9 Å². The van der Waals surface area contributed by atoms with Crippen LogP contribution in [0.5, 0.6) is 5.75 Å². The third-order valence-electron chi connectivity index (χ3n) is 5.72. The molecule has 0 radical (unpaired) electrons. The number of amides is 1. The maximum atomic E-state index is 13.1. The molecule has 26 heavy (non-hydrogen) atoms. The van der Waals surface area contributed by atoms with Gasteiger partial charge in [0.05, 0.1) is 19.1 Å². The molecule has 5 nitrogen and oxygen atoms in total. The van der Waals surface area contributed by atoms with Crippen molar-refractivity contribution in [1.82, 2.24) is 9.80 Å². The van der Waals surface area contributed by atoms with E-state index in [9.17, 15) is 4.79 Å². The lowest BCUT2D eigenvalue weighted by Gasteiger charge is -2.23.